The van der Waals surface area contributed by atoms with Gasteiger partial charge in [-0.2, -0.15) is 4.39 Å². The zero-order chi connectivity index (χ0) is 14.8. The lowest BCUT2D eigenvalue weighted by Crippen LogP contribution is -2.23. The summed E-state index contributed by atoms with van der Waals surface area (Å²) >= 11 is 0. The second-order valence-electron chi connectivity index (χ2n) is 4.79. The number of pyridine rings is 1. The Morgan fingerprint density at radius 1 is 1.10 bits per heavy atom. The first-order valence-corrected chi connectivity index (χ1v) is 6.60. The number of nitrogens with zero attached hydrogens (tertiary/aromatic N) is 1. The van der Waals surface area contributed by atoms with Gasteiger partial charge in [0, 0.05) is 5.39 Å². The molecule has 0 radical (unpaired) electrons. The van der Waals surface area contributed by atoms with Crippen molar-refractivity contribution in [3.8, 4) is 5.75 Å². The molecule has 0 unspecified atom stereocenters. The Morgan fingerprint density at radius 3 is 2.52 bits per heavy atom. The highest BCUT2D eigenvalue weighted by molar-refractivity contribution is 5.81. The average Bonchev–Trinajstić information content (AvgIpc) is 2.52. The Kier molecular flexibility index (Phi) is 3.44. The highest BCUT2D eigenvalue weighted by Gasteiger charge is 2.09. The van der Waals surface area contributed by atoms with Crippen LogP contribution in [0, 0.1) is 5.95 Å². The summed E-state index contributed by atoms with van der Waals surface area (Å²) in [6.45, 7) is 0.194. The SMILES string of the molecule is COc1ccc(Cn2c(F)cc3ccccc3c2=O)cc1. The van der Waals surface area contributed by atoms with Crippen molar-refractivity contribution >= 4 is 10.8 Å². The number of ether oxygens (including phenoxy) is 1. The maximum atomic E-state index is 14.1. The number of benzene rings is 2. The minimum atomic E-state index is -0.533. The van der Waals surface area contributed by atoms with Crippen LogP contribution in [0.2, 0.25) is 0 Å². The molecule has 0 saturated carbocycles. The molecule has 0 atom stereocenters. The molecule has 1 heterocycles. The van der Waals surface area contributed by atoms with E-state index in [2.05, 4.69) is 0 Å². The maximum Gasteiger partial charge on any atom is 0.260 e. The van der Waals surface area contributed by atoms with Gasteiger partial charge in [-0.25, -0.2) is 0 Å². The van der Waals surface area contributed by atoms with Gasteiger partial charge in [0.25, 0.3) is 5.56 Å². The Hall–Kier alpha value is -2.62. The van der Waals surface area contributed by atoms with E-state index in [0.29, 0.717) is 10.8 Å². The Morgan fingerprint density at radius 2 is 1.81 bits per heavy atom. The summed E-state index contributed by atoms with van der Waals surface area (Å²) in [5.41, 5.74) is 0.522. The van der Waals surface area contributed by atoms with Gasteiger partial charge in [-0.05, 0) is 35.2 Å². The molecule has 0 amide bonds. The van der Waals surface area contributed by atoms with Crippen LogP contribution in [0.5, 0.6) is 5.75 Å². The largest absolute Gasteiger partial charge is 0.497 e. The molecule has 4 heteroatoms. The maximum absolute atomic E-state index is 14.1. The van der Waals surface area contributed by atoms with Crippen molar-refractivity contribution in [2.45, 2.75) is 6.54 Å². The van der Waals surface area contributed by atoms with Gasteiger partial charge < -0.3 is 4.74 Å². The van der Waals surface area contributed by atoms with Crippen LogP contribution in [0.4, 0.5) is 4.39 Å². The van der Waals surface area contributed by atoms with Crippen LogP contribution in [0.3, 0.4) is 0 Å². The number of fused-ring (bicyclic) bond motifs is 1. The van der Waals surface area contributed by atoms with Crippen LogP contribution >= 0.6 is 0 Å². The first-order valence-electron chi connectivity index (χ1n) is 6.60. The van der Waals surface area contributed by atoms with E-state index >= 15 is 0 Å². The third kappa shape index (κ3) is 2.52. The predicted molar refractivity (Wildman–Crippen MR) is 80.3 cm³/mol. The van der Waals surface area contributed by atoms with Crippen LogP contribution in [-0.4, -0.2) is 11.7 Å². The fourth-order valence-electron chi connectivity index (χ4n) is 2.33. The van der Waals surface area contributed by atoms with E-state index in [-0.39, 0.29) is 12.1 Å². The van der Waals surface area contributed by atoms with Crippen molar-refractivity contribution in [3.63, 3.8) is 0 Å². The number of aromatic nitrogens is 1. The molecule has 3 nitrogen and oxygen atoms in total. The highest BCUT2D eigenvalue weighted by atomic mass is 19.1. The molecule has 0 bridgehead atoms. The molecule has 21 heavy (non-hydrogen) atoms. The Labute approximate surface area is 121 Å². The molecule has 106 valence electrons. The van der Waals surface area contributed by atoms with Crippen molar-refractivity contribution in [1.29, 1.82) is 0 Å². The highest BCUT2D eigenvalue weighted by Crippen LogP contribution is 2.15. The van der Waals surface area contributed by atoms with E-state index in [9.17, 15) is 9.18 Å². The summed E-state index contributed by atoms with van der Waals surface area (Å²) in [5.74, 6) is 0.194. The van der Waals surface area contributed by atoms with Gasteiger partial charge in [0.1, 0.15) is 5.75 Å². The minimum Gasteiger partial charge on any atom is -0.497 e. The number of hydrogen-bond donors (Lipinski definition) is 0. The molecule has 0 aliphatic heterocycles. The first-order chi connectivity index (χ1) is 10.2. The fourth-order valence-corrected chi connectivity index (χ4v) is 2.33. The summed E-state index contributed by atoms with van der Waals surface area (Å²) in [5, 5.41) is 1.14. The van der Waals surface area contributed by atoms with E-state index in [1.54, 1.807) is 43.5 Å². The van der Waals surface area contributed by atoms with Gasteiger partial charge >= 0.3 is 0 Å². The molecule has 0 saturated heterocycles. The monoisotopic (exact) mass is 283 g/mol. The lowest BCUT2D eigenvalue weighted by atomic mass is 10.1. The van der Waals surface area contributed by atoms with Crippen molar-refractivity contribution in [1.82, 2.24) is 4.57 Å². The Balaban J connectivity index is 2.05. The molecule has 3 rings (SSSR count). The van der Waals surface area contributed by atoms with Crippen LogP contribution in [-0.2, 0) is 6.54 Å². The standard InChI is InChI=1S/C17H14FNO2/c1-21-14-8-6-12(7-9-14)11-19-16(18)10-13-4-2-3-5-15(13)17(19)20/h2-10H,11H2,1H3. The first kappa shape index (κ1) is 13.4. The van der Waals surface area contributed by atoms with Crippen molar-refractivity contribution < 1.29 is 9.13 Å². The predicted octanol–water partition coefficient (Wildman–Crippen LogP) is 3.20. The molecular weight excluding hydrogens is 269 g/mol. The normalized spacial score (nSPS) is 10.8. The lowest BCUT2D eigenvalue weighted by Gasteiger charge is -2.10. The van der Waals surface area contributed by atoms with Crippen LogP contribution in [0.15, 0.2) is 59.4 Å². The summed E-state index contributed by atoms with van der Waals surface area (Å²) in [6, 6.07) is 15.6. The second-order valence-corrected chi connectivity index (χ2v) is 4.79. The van der Waals surface area contributed by atoms with Gasteiger partial charge in [-0.15, -0.1) is 0 Å². The lowest BCUT2D eigenvalue weighted by molar-refractivity contribution is 0.414. The number of hydrogen-bond acceptors (Lipinski definition) is 2. The molecule has 0 N–H and O–H groups in total. The van der Waals surface area contributed by atoms with Gasteiger partial charge in [-0.3, -0.25) is 9.36 Å². The summed E-state index contributed by atoms with van der Waals surface area (Å²) in [6.07, 6.45) is 0. The van der Waals surface area contributed by atoms with Crippen molar-refractivity contribution in [2.75, 3.05) is 7.11 Å². The van der Waals surface area contributed by atoms with Crippen LogP contribution < -0.4 is 10.3 Å². The van der Waals surface area contributed by atoms with Crippen molar-refractivity contribution in [2.24, 2.45) is 0 Å². The molecule has 1 aromatic heterocycles. The number of halogens is 1. The number of rotatable bonds is 3. The topological polar surface area (TPSA) is 31.2 Å². The van der Waals surface area contributed by atoms with Gasteiger partial charge in [-0.1, -0.05) is 30.3 Å². The van der Waals surface area contributed by atoms with Crippen LogP contribution in [0.1, 0.15) is 5.56 Å². The van der Waals surface area contributed by atoms with E-state index in [1.807, 2.05) is 12.1 Å². The third-order valence-electron chi connectivity index (χ3n) is 3.47. The zero-order valence-corrected chi connectivity index (χ0v) is 11.5. The molecule has 0 aliphatic rings. The zero-order valence-electron chi connectivity index (χ0n) is 11.5. The molecular formula is C17H14FNO2. The van der Waals surface area contributed by atoms with Gasteiger partial charge in [0.2, 0.25) is 0 Å². The fraction of sp³-hybridized carbons (Fsp3) is 0.118. The quantitative estimate of drug-likeness (QED) is 0.691. The molecule has 3 aromatic rings. The summed E-state index contributed by atoms with van der Waals surface area (Å²) in [7, 11) is 1.59. The molecule has 0 fully saturated rings. The molecule has 2 aromatic carbocycles. The second kappa shape index (κ2) is 5.40. The summed E-state index contributed by atoms with van der Waals surface area (Å²) < 4.78 is 20.4. The minimum absolute atomic E-state index is 0.194. The molecule has 0 aliphatic carbocycles. The van der Waals surface area contributed by atoms with Gasteiger partial charge in [0.15, 0.2) is 5.95 Å². The number of methoxy groups -OCH3 is 1. The van der Waals surface area contributed by atoms with Crippen molar-refractivity contribution in [3.05, 3.63) is 76.5 Å². The third-order valence-corrected chi connectivity index (χ3v) is 3.47. The van der Waals surface area contributed by atoms with Crippen LogP contribution in [0.25, 0.3) is 10.8 Å². The molecule has 0 spiro atoms. The average molecular weight is 283 g/mol. The van der Waals surface area contributed by atoms with E-state index < -0.39 is 5.95 Å². The van der Waals surface area contributed by atoms with E-state index in [4.69, 9.17) is 4.74 Å². The Bertz CT molecular complexity index is 838. The smallest absolute Gasteiger partial charge is 0.260 e. The van der Waals surface area contributed by atoms with E-state index in [1.165, 1.54) is 6.07 Å². The van der Waals surface area contributed by atoms with Gasteiger partial charge in [0.05, 0.1) is 13.7 Å². The van der Waals surface area contributed by atoms with E-state index in [0.717, 1.165) is 15.9 Å². The summed E-state index contributed by atoms with van der Waals surface area (Å²) in [4.78, 5) is 12.4.